The van der Waals surface area contributed by atoms with E-state index in [2.05, 4.69) is 64.8 Å². The lowest BCUT2D eigenvalue weighted by Crippen LogP contribution is -2.61. The molecule has 5 aliphatic rings. The lowest BCUT2D eigenvalue weighted by Gasteiger charge is -2.48. The summed E-state index contributed by atoms with van der Waals surface area (Å²) in [7, 11) is -1.45. The summed E-state index contributed by atoms with van der Waals surface area (Å²) >= 11 is 0. The third-order valence-electron chi connectivity index (χ3n) is 12.9. The number of aryl methyl sites for hydroxylation is 1. The number of likely N-dealkylation sites (tertiary alicyclic amines) is 1. The molecule has 17 heteroatoms. The number of aromatic nitrogens is 5. The minimum atomic E-state index is -3.34. The molecule has 3 saturated heterocycles. The number of carbonyl (C=O) groups is 2. The maximum absolute atomic E-state index is 13.6. The number of benzene rings is 2. The average Bonchev–Trinajstić information content (AvgIpc) is 3.56. The molecular weight excluding hydrogens is 783 g/mol. The molecule has 0 radical (unpaired) electrons. The summed E-state index contributed by atoms with van der Waals surface area (Å²) in [6.45, 7) is 8.22. The minimum Gasteiger partial charge on any atom is -0.474 e. The first-order valence-electron chi connectivity index (χ1n) is 20.9. The molecular formula is C43H49N11O5S. The molecule has 16 nitrogen and oxygen atoms in total. The van der Waals surface area contributed by atoms with Gasteiger partial charge in [0.25, 0.3) is 0 Å². The number of anilines is 5. The number of carbonyl (C=O) groups excluding carboxylic acids is 2. The van der Waals surface area contributed by atoms with Gasteiger partial charge in [0.15, 0.2) is 9.84 Å². The largest absolute Gasteiger partial charge is 0.474 e. The first-order valence-corrected chi connectivity index (χ1v) is 22.6. The first-order chi connectivity index (χ1) is 29.1. The molecule has 10 rings (SSSR count). The molecule has 0 spiro atoms. The molecule has 2 aromatic carbocycles. The maximum atomic E-state index is 13.6. The predicted molar refractivity (Wildman–Crippen MR) is 229 cm³/mol. The lowest BCUT2D eigenvalue weighted by molar-refractivity contribution is -0.134. The molecule has 5 aliphatic heterocycles. The Balaban J connectivity index is 0.710. The molecule has 1 atom stereocenters. The molecule has 0 saturated carbocycles. The summed E-state index contributed by atoms with van der Waals surface area (Å²) in [5.74, 6) is 0.224. The Morgan fingerprint density at radius 2 is 1.77 bits per heavy atom. The second-order valence-electron chi connectivity index (χ2n) is 16.7. The SMILES string of the molecule is Cc1c(N2CCc3cnc(Nc4ccc(CS(=O)(=O)C5CCN(C6CN(c7ccc8c(C9CCC(=O)NC9=O)nn(C)c8c7)C6)CC5)cc4)nc3C2)cnc2c1NCCO2. The van der Waals surface area contributed by atoms with Gasteiger partial charge in [-0.2, -0.15) is 5.10 Å². The molecule has 3 N–H and O–H groups in total. The monoisotopic (exact) mass is 831 g/mol. The van der Waals surface area contributed by atoms with Crippen molar-refractivity contribution in [2.75, 3.05) is 66.3 Å². The van der Waals surface area contributed by atoms with Crippen molar-refractivity contribution in [1.82, 2.24) is 34.9 Å². The number of pyridine rings is 1. The molecule has 3 aromatic heterocycles. The van der Waals surface area contributed by atoms with Crippen molar-refractivity contribution in [3.63, 3.8) is 0 Å². The van der Waals surface area contributed by atoms with Crippen molar-refractivity contribution in [2.45, 2.75) is 68.5 Å². The lowest BCUT2D eigenvalue weighted by atomic mass is 9.92. The van der Waals surface area contributed by atoms with Crippen molar-refractivity contribution in [3.8, 4) is 5.88 Å². The Hall–Kier alpha value is -5.81. The Morgan fingerprint density at radius 1 is 0.950 bits per heavy atom. The van der Waals surface area contributed by atoms with E-state index in [0.29, 0.717) is 62.4 Å². The van der Waals surface area contributed by atoms with Gasteiger partial charge in [0.05, 0.1) is 52.3 Å². The quantitative estimate of drug-likeness (QED) is 0.182. The summed E-state index contributed by atoms with van der Waals surface area (Å²) in [4.78, 5) is 45.3. The van der Waals surface area contributed by atoms with Gasteiger partial charge in [-0.3, -0.25) is 24.5 Å². The third-order valence-corrected chi connectivity index (χ3v) is 15.2. The number of rotatable bonds is 9. The fourth-order valence-corrected chi connectivity index (χ4v) is 11.3. The van der Waals surface area contributed by atoms with Gasteiger partial charge in [-0.1, -0.05) is 12.1 Å². The summed E-state index contributed by atoms with van der Waals surface area (Å²) in [6, 6.07) is 14.1. The molecule has 60 heavy (non-hydrogen) atoms. The van der Waals surface area contributed by atoms with E-state index in [4.69, 9.17) is 9.72 Å². The fraction of sp³-hybridized carbons (Fsp3) is 0.442. The second kappa shape index (κ2) is 15.3. The number of sulfone groups is 1. The third kappa shape index (κ3) is 7.27. The zero-order chi connectivity index (χ0) is 41.1. The highest BCUT2D eigenvalue weighted by Crippen LogP contribution is 2.37. The highest BCUT2D eigenvalue weighted by molar-refractivity contribution is 7.91. The number of piperidine rings is 2. The smallest absolute Gasteiger partial charge is 0.237 e. The molecule has 3 fully saturated rings. The van der Waals surface area contributed by atoms with E-state index < -0.39 is 15.8 Å². The Labute approximate surface area is 348 Å². The van der Waals surface area contributed by atoms with Crippen LogP contribution in [0.4, 0.5) is 28.7 Å². The number of nitrogens with one attached hydrogen (secondary N) is 3. The van der Waals surface area contributed by atoms with Crippen molar-refractivity contribution >= 4 is 61.3 Å². The number of nitrogens with zero attached hydrogens (tertiary/aromatic N) is 8. The number of fused-ring (bicyclic) bond motifs is 3. The summed E-state index contributed by atoms with van der Waals surface area (Å²) in [6.07, 6.45) is 6.66. The first kappa shape index (κ1) is 38.4. The summed E-state index contributed by atoms with van der Waals surface area (Å²) < 4.78 is 34.8. The molecule has 0 bridgehead atoms. The molecule has 8 heterocycles. The second-order valence-corrected chi connectivity index (χ2v) is 19.0. The van der Waals surface area contributed by atoms with E-state index in [1.165, 1.54) is 0 Å². The zero-order valence-corrected chi connectivity index (χ0v) is 34.7. The van der Waals surface area contributed by atoms with Gasteiger partial charge in [0.2, 0.25) is 23.6 Å². The predicted octanol–water partition coefficient (Wildman–Crippen LogP) is 3.97. The summed E-state index contributed by atoms with van der Waals surface area (Å²) in [5, 5.41) is 14.4. The minimum absolute atomic E-state index is 0.0146. The number of amides is 2. The van der Waals surface area contributed by atoms with Crippen LogP contribution in [0.5, 0.6) is 5.88 Å². The highest BCUT2D eigenvalue weighted by Gasteiger charge is 2.38. The average molecular weight is 832 g/mol. The van der Waals surface area contributed by atoms with E-state index in [1.54, 1.807) is 0 Å². The van der Waals surface area contributed by atoms with Crippen molar-refractivity contribution in [1.29, 1.82) is 0 Å². The Bertz CT molecular complexity index is 2600. The molecule has 0 aliphatic carbocycles. The normalized spacial score (nSPS) is 20.2. The van der Waals surface area contributed by atoms with Crippen LogP contribution >= 0.6 is 0 Å². The van der Waals surface area contributed by atoms with E-state index in [1.807, 2.05) is 54.5 Å². The van der Waals surface area contributed by atoms with Crippen molar-refractivity contribution in [2.24, 2.45) is 7.05 Å². The topological polar surface area (TPSA) is 180 Å². The molecule has 1 unspecified atom stereocenters. The van der Waals surface area contributed by atoms with Crippen LogP contribution in [-0.2, 0) is 45.2 Å². The van der Waals surface area contributed by atoms with Crippen LogP contribution in [0.3, 0.4) is 0 Å². The number of hydrogen-bond donors (Lipinski definition) is 3. The van der Waals surface area contributed by atoms with Crippen molar-refractivity contribution in [3.05, 3.63) is 82.9 Å². The van der Waals surface area contributed by atoms with Gasteiger partial charge in [-0.25, -0.2) is 23.4 Å². The van der Waals surface area contributed by atoms with Crippen molar-refractivity contribution < 1.29 is 22.7 Å². The van der Waals surface area contributed by atoms with Crippen LogP contribution in [0.2, 0.25) is 0 Å². The maximum Gasteiger partial charge on any atom is 0.237 e. The van der Waals surface area contributed by atoms with Crippen LogP contribution in [0.25, 0.3) is 10.9 Å². The van der Waals surface area contributed by atoms with Gasteiger partial charge in [-0.05, 0) is 87.2 Å². The standard InChI is InChI=1S/C43H49N11O5S/c1-26-37(21-45-42-39(26)44-14-18-59-42)53-15-11-28-20-46-43(48-35(28)24-53)47-29-5-3-27(4-6-29)25-60(57,58)32-12-16-52(17-13-32)31-22-54(23-31)30-7-8-33-36(19-30)51(2)50-40(33)34-9-10-38(55)49-41(34)56/h3-8,19-21,31-32,34,44H,9-18,22-25H2,1-2H3,(H,46,47,48)(H,49,55,56). The molecule has 2 amide bonds. The van der Waals surface area contributed by atoms with Crippen LogP contribution in [-0.4, -0.2) is 107 Å². The van der Waals surface area contributed by atoms with E-state index in [0.717, 1.165) is 102 Å². The van der Waals surface area contributed by atoms with Crippen LogP contribution in [0, 0.1) is 6.92 Å². The highest BCUT2D eigenvalue weighted by atomic mass is 32.2. The fourth-order valence-electron chi connectivity index (χ4n) is 9.44. The van der Waals surface area contributed by atoms with Gasteiger partial charge in [-0.15, -0.1) is 0 Å². The van der Waals surface area contributed by atoms with Gasteiger partial charge in [0.1, 0.15) is 12.3 Å². The van der Waals surface area contributed by atoms with E-state index in [9.17, 15) is 18.0 Å². The molecule has 312 valence electrons. The van der Waals surface area contributed by atoms with Crippen LogP contribution in [0.1, 0.15) is 59.7 Å². The summed E-state index contributed by atoms with van der Waals surface area (Å²) in [5.41, 5.74) is 9.56. The zero-order valence-electron chi connectivity index (χ0n) is 33.9. The van der Waals surface area contributed by atoms with E-state index in [-0.39, 0.29) is 22.8 Å². The van der Waals surface area contributed by atoms with Gasteiger partial charge >= 0.3 is 0 Å². The van der Waals surface area contributed by atoms with Crippen LogP contribution in [0.15, 0.2) is 54.9 Å². The number of imide groups is 1. The van der Waals surface area contributed by atoms with Gasteiger partial charge < -0.3 is 25.2 Å². The Morgan fingerprint density at radius 3 is 2.57 bits per heavy atom. The van der Waals surface area contributed by atoms with E-state index >= 15 is 0 Å². The van der Waals surface area contributed by atoms with Gasteiger partial charge in [0, 0.05) is 74.2 Å². The Kier molecular flexibility index (Phi) is 9.82. The number of ether oxygens (including phenoxy) is 1. The molecule has 5 aromatic rings. The number of hydrogen-bond acceptors (Lipinski definition) is 14. The van der Waals surface area contributed by atoms with Crippen LogP contribution < -0.4 is 30.5 Å².